The van der Waals surface area contributed by atoms with Gasteiger partial charge in [0.1, 0.15) is 0 Å². The van der Waals surface area contributed by atoms with Crippen molar-refractivity contribution in [2.75, 3.05) is 19.4 Å². The van der Waals surface area contributed by atoms with Gasteiger partial charge in [-0.05, 0) is 31.5 Å². The van der Waals surface area contributed by atoms with Crippen molar-refractivity contribution in [2.45, 2.75) is 31.2 Å². The van der Waals surface area contributed by atoms with Gasteiger partial charge in [-0.1, -0.05) is 17.4 Å². The molecule has 1 aromatic heterocycles. The van der Waals surface area contributed by atoms with E-state index in [4.69, 9.17) is 0 Å². The Kier molecular flexibility index (Phi) is 6.15. The van der Waals surface area contributed by atoms with Gasteiger partial charge in [0, 0.05) is 43.8 Å². The Morgan fingerprint density at radius 2 is 2.04 bits per heavy atom. The standard InChI is InChI=1S/C16H21N3O4S2/c1-12-11-24-16(21)19(12)9-5-8-15(20)17-13-6-4-7-14(10-13)25(22,23)18(2)3/h4,6-7,10-11H,5,8-9H2,1-3H3,(H,17,20). The first kappa shape index (κ1) is 19.4. The number of thiazole rings is 1. The molecule has 1 heterocycles. The number of carbonyl (C=O) groups is 1. The maximum atomic E-state index is 12.1. The second-order valence-corrected chi connectivity index (χ2v) is 8.73. The van der Waals surface area contributed by atoms with Crippen molar-refractivity contribution in [3.8, 4) is 0 Å². The largest absolute Gasteiger partial charge is 0.326 e. The minimum Gasteiger partial charge on any atom is -0.326 e. The van der Waals surface area contributed by atoms with E-state index in [2.05, 4.69) is 5.32 Å². The number of aromatic nitrogens is 1. The van der Waals surface area contributed by atoms with Crippen molar-refractivity contribution in [3.05, 3.63) is 45.0 Å². The van der Waals surface area contributed by atoms with E-state index in [9.17, 15) is 18.0 Å². The summed E-state index contributed by atoms with van der Waals surface area (Å²) in [7, 11) is -0.639. The van der Waals surface area contributed by atoms with Crippen molar-refractivity contribution in [3.63, 3.8) is 0 Å². The lowest BCUT2D eigenvalue weighted by Gasteiger charge is -2.12. The average Bonchev–Trinajstić information content (AvgIpc) is 2.86. The van der Waals surface area contributed by atoms with Gasteiger partial charge in [0.05, 0.1) is 4.90 Å². The number of amides is 1. The fraction of sp³-hybridized carbons (Fsp3) is 0.375. The van der Waals surface area contributed by atoms with Gasteiger partial charge < -0.3 is 9.88 Å². The van der Waals surface area contributed by atoms with E-state index in [1.165, 1.54) is 26.2 Å². The molecule has 0 radical (unpaired) electrons. The molecule has 0 aliphatic rings. The van der Waals surface area contributed by atoms with Gasteiger partial charge in [-0.25, -0.2) is 12.7 Å². The Labute approximate surface area is 151 Å². The molecule has 0 fully saturated rings. The zero-order valence-corrected chi connectivity index (χ0v) is 16.0. The lowest BCUT2D eigenvalue weighted by molar-refractivity contribution is -0.116. The van der Waals surface area contributed by atoms with Crippen LogP contribution in [0.15, 0.2) is 39.3 Å². The number of carbonyl (C=O) groups excluding carboxylic acids is 1. The summed E-state index contributed by atoms with van der Waals surface area (Å²) < 4.78 is 27.0. The van der Waals surface area contributed by atoms with Crippen molar-refractivity contribution in [1.29, 1.82) is 0 Å². The molecular formula is C16H21N3O4S2. The molecule has 1 aromatic carbocycles. The maximum Gasteiger partial charge on any atom is 0.307 e. The van der Waals surface area contributed by atoms with Crippen molar-refractivity contribution < 1.29 is 13.2 Å². The molecule has 25 heavy (non-hydrogen) atoms. The molecule has 1 N–H and O–H groups in total. The molecule has 2 aromatic rings. The molecule has 0 aliphatic carbocycles. The van der Waals surface area contributed by atoms with Crippen LogP contribution in [0.1, 0.15) is 18.5 Å². The first-order chi connectivity index (χ1) is 11.7. The van der Waals surface area contributed by atoms with Crippen LogP contribution >= 0.6 is 11.3 Å². The zero-order valence-electron chi connectivity index (χ0n) is 14.4. The highest BCUT2D eigenvalue weighted by atomic mass is 32.2. The van der Waals surface area contributed by atoms with Crippen LogP contribution in [0.3, 0.4) is 0 Å². The summed E-state index contributed by atoms with van der Waals surface area (Å²) in [5.41, 5.74) is 1.31. The summed E-state index contributed by atoms with van der Waals surface area (Å²) in [6.07, 6.45) is 0.769. The van der Waals surface area contributed by atoms with E-state index in [1.54, 1.807) is 22.1 Å². The van der Waals surface area contributed by atoms with Crippen LogP contribution in [0.2, 0.25) is 0 Å². The van der Waals surface area contributed by atoms with Gasteiger partial charge in [-0.15, -0.1) is 0 Å². The highest BCUT2D eigenvalue weighted by molar-refractivity contribution is 7.89. The Hall–Kier alpha value is -1.97. The van der Waals surface area contributed by atoms with Crippen LogP contribution in [0.25, 0.3) is 0 Å². The van der Waals surface area contributed by atoms with Gasteiger partial charge in [-0.2, -0.15) is 0 Å². The maximum absolute atomic E-state index is 12.1. The lowest BCUT2D eigenvalue weighted by atomic mass is 10.2. The number of anilines is 1. The third kappa shape index (κ3) is 4.77. The van der Waals surface area contributed by atoms with Crippen LogP contribution in [0, 0.1) is 6.92 Å². The Morgan fingerprint density at radius 3 is 2.64 bits per heavy atom. The van der Waals surface area contributed by atoms with E-state index in [0.717, 1.165) is 21.3 Å². The van der Waals surface area contributed by atoms with Crippen molar-refractivity contribution in [1.82, 2.24) is 8.87 Å². The normalized spacial score (nSPS) is 11.7. The predicted octanol–water partition coefficient (Wildman–Crippen LogP) is 1.89. The van der Waals surface area contributed by atoms with Crippen molar-refractivity contribution in [2.24, 2.45) is 0 Å². The van der Waals surface area contributed by atoms with Crippen LogP contribution < -0.4 is 10.2 Å². The van der Waals surface area contributed by atoms with E-state index in [0.29, 0.717) is 18.7 Å². The van der Waals surface area contributed by atoms with E-state index >= 15 is 0 Å². The fourth-order valence-electron chi connectivity index (χ4n) is 2.24. The number of benzene rings is 1. The molecule has 9 heteroatoms. The smallest absolute Gasteiger partial charge is 0.307 e. The SMILES string of the molecule is Cc1csc(=O)n1CCCC(=O)Nc1cccc(S(=O)(=O)N(C)C)c1. The molecule has 0 bridgehead atoms. The topological polar surface area (TPSA) is 88.5 Å². The molecule has 0 atom stereocenters. The monoisotopic (exact) mass is 383 g/mol. The Morgan fingerprint density at radius 1 is 1.32 bits per heavy atom. The van der Waals surface area contributed by atoms with Crippen LogP contribution in [0.4, 0.5) is 5.69 Å². The second-order valence-electron chi connectivity index (χ2n) is 5.76. The molecule has 0 spiro atoms. The summed E-state index contributed by atoms with van der Waals surface area (Å²) in [4.78, 5) is 23.8. The quantitative estimate of drug-likeness (QED) is 0.791. The van der Waals surface area contributed by atoms with Gasteiger partial charge in [-0.3, -0.25) is 9.59 Å². The molecule has 0 aliphatic heterocycles. The number of hydrogen-bond donors (Lipinski definition) is 1. The van der Waals surface area contributed by atoms with Gasteiger partial charge in [0.25, 0.3) is 0 Å². The third-order valence-corrected chi connectivity index (χ3v) is 6.35. The Bertz CT molecular complexity index is 913. The Balaban J connectivity index is 1.96. The highest BCUT2D eigenvalue weighted by Gasteiger charge is 2.17. The highest BCUT2D eigenvalue weighted by Crippen LogP contribution is 2.18. The molecule has 136 valence electrons. The average molecular weight is 383 g/mol. The summed E-state index contributed by atoms with van der Waals surface area (Å²) in [5.74, 6) is -0.222. The number of sulfonamides is 1. The molecular weight excluding hydrogens is 362 g/mol. The number of nitrogens with zero attached hydrogens (tertiary/aromatic N) is 2. The van der Waals surface area contributed by atoms with E-state index in [1.807, 2.05) is 6.92 Å². The summed E-state index contributed by atoms with van der Waals surface area (Å²) in [6, 6.07) is 6.14. The molecule has 7 nitrogen and oxygen atoms in total. The molecule has 0 saturated heterocycles. The van der Waals surface area contributed by atoms with E-state index in [-0.39, 0.29) is 22.1 Å². The molecule has 1 amide bonds. The van der Waals surface area contributed by atoms with E-state index < -0.39 is 10.0 Å². The summed E-state index contributed by atoms with van der Waals surface area (Å²) >= 11 is 1.14. The number of rotatable bonds is 7. The molecule has 0 unspecified atom stereocenters. The molecule has 2 rings (SSSR count). The second kappa shape index (κ2) is 7.94. The first-order valence-corrected chi connectivity index (χ1v) is 10.0. The minimum absolute atomic E-state index is 0.0282. The van der Waals surface area contributed by atoms with Gasteiger partial charge in [0.2, 0.25) is 15.9 Å². The van der Waals surface area contributed by atoms with Gasteiger partial charge in [0.15, 0.2) is 0 Å². The zero-order chi connectivity index (χ0) is 18.6. The fourth-order valence-corrected chi connectivity index (χ4v) is 3.95. The number of nitrogens with one attached hydrogen (secondary N) is 1. The van der Waals surface area contributed by atoms with Crippen LogP contribution in [-0.4, -0.2) is 37.3 Å². The number of aryl methyl sites for hydroxylation is 1. The third-order valence-electron chi connectivity index (χ3n) is 3.66. The van der Waals surface area contributed by atoms with Crippen LogP contribution in [-0.2, 0) is 21.4 Å². The lowest BCUT2D eigenvalue weighted by Crippen LogP contribution is -2.22. The van der Waals surface area contributed by atoms with Crippen molar-refractivity contribution >= 4 is 33.0 Å². The van der Waals surface area contributed by atoms with Gasteiger partial charge >= 0.3 is 4.87 Å². The minimum atomic E-state index is -3.55. The molecule has 0 saturated carbocycles. The summed E-state index contributed by atoms with van der Waals surface area (Å²) in [5, 5.41) is 4.49. The first-order valence-electron chi connectivity index (χ1n) is 7.69. The number of hydrogen-bond acceptors (Lipinski definition) is 5. The summed E-state index contributed by atoms with van der Waals surface area (Å²) in [6.45, 7) is 2.34. The predicted molar refractivity (Wildman–Crippen MR) is 98.5 cm³/mol. The van der Waals surface area contributed by atoms with Crippen LogP contribution in [0.5, 0.6) is 0 Å².